The van der Waals surface area contributed by atoms with E-state index in [4.69, 9.17) is 0 Å². The fourth-order valence-corrected chi connectivity index (χ4v) is 4.18. The minimum atomic E-state index is 0.116. The molecule has 2 aliphatic rings. The number of hydrogen-bond acceptors (Lipinski definition) is 3. The van der Waals surface area contributed by atoms with E-state index in [0.717, 1.165) is 60.7 Å². The SMILES string of the molecule is O=C(c1ccc2ncccc2c1)N1CCCC(c2nccn2CC2CC2)C1. The average molecular weight is 360 g/mol. The number of likely N-dealkylation sites (tertiary alicyclic amines) is 1. The number of carbonyl (C=O) groups is 1. The molecule has 1 aliphatic heterocycles. The lowest BCUT2D eigenvalue weighted by atomic mass is 9.96. The first-order chi connectivity index (χ1) is 13.3. The van der Waals surface area contributed by atoms with Crippen LogP contribution >= 0.6 is 0 Å². The van der Waals surface area contributed by atoms with Crippen LogP contribution in [0.1, 0.15) is 47.8 Å². The molecule has 0 bridgehead atoms. The molecular formula is C22H24N4O. The van der Waals surface area contributed by atoms with Crippen LogP contribution in [0.25, 0.3) is 10.9 Å². The highest BCUT2D eigenvalue weighted by molar-refractivity contribution is 5.98. The first kappa shape index (κ1) is 16.5. The topological polar surface area (TPSA) is 51.0 Å². The molecular weight excluding hydrogens is 336 g/mol. The number of amides is 1. The summed E-state index contributed by atoms with van der Waals surface area (Å²) in [6, 6.07) is 9.71. The monoisotopic (exact) mass is 360 g/mol. The summed E-state index contributed by atoms with van der Waals surface area (Å²) >= 11 is 0. The smallest absolute Gasteiger partial charge is 0.253 e. The van der Waals surface area contributed by atoms with E-state index in [1.54, 1.807) is 6.20 Å². The van der Waals surface area contributed by atoms with Gasteiger partial charge in [-0.15, -0.1) is 0 Å². The summed E-state index contributed by atoms with van der Waals surface area (Å²) < 4.78 is 2.32. The third-order valence-corrected chi connectivity index (χ3v) is 5.82. The Labute approximate surface area is 159 Å². The fraction of sp³-hybridized carbons (Fsp3) is 0.409. The highest BCUT2D eigenvalue weighted by Crippen LogP contribution is 2.33. The molecule has 3 aromatic rings. The van der Waals surface area contributed by atoms with E-state index in [-0.39, 0.29) is 5.91 Å². The summed E-state index contributed by atoms with van der Waals surface area (Å²) in [6.45, 7) is 2.66. The van der Waals surface area contributed by atoms with Crippen LogP contribution in [0.3, 0.4) is 0 Å². The molecule has 2 fully saturated rings. The van der Waals surface area contributed by atoms with Gasteiger partial charge < -0.3 is 9.47 Å². The van der Waals surface area contributed by atoms with Crippen molar-refractivity contribution < 1.29 is 4.79 Å². The van der Waals surface area contributed by atoms with Crippen LogP contribution in [0, 0.1) is 5.92 Å². The van der Waals surface area contributed by atoms with E-state index in [0.29, 0.717) is 5.92 Å². The molecule has 5 heteroatoms. The number of benzene rings is 1. The van der Waals surface area contributed by atoms with E-state index >= 15 is 0 Å². The number of rotatable bonds is 4. The Morgan fingerprint density at radius 1 is 1.11 bits per heavy atom. The van der Waals surface area contributed by atoms with Crippen molar-refractivity contribution in [1.82, 2.24) is 19.4 Å². The summed E-state index contributed by atoms with van der Waals surface area (Å²) in [5.41, 5.74) is 1.67. The molecule has 5 nitrogen and oxygen atoms in total. The second kappa shape index (κ2) is 6.80. The molecule has 1 aliphatic carbocycles. The molecule has 2 aromatic heterocycles. The van der Waals surface area contributed by atoms with E-state index in [1.165, 1.54) is 12.8 Å². The molecule has 138 valence electrons. The van der Waals surface area contributed by atoms with E-state index in [9.17, 15) is 4.79 Å². The van der Waals surface area contributed by atoms with Crippen molar-refractivity contribution in [3.8, 4) is 0 Å². The van der Waals surface area contributed by atoms with Crippen molar-refractivity contribution in [2.45, 2.75) is 38.1 Å². The normalized spacial score (nSPS) is 20.1. The molecule has 1 unspecified atom stereocenters. The lowest BCUT2D eigenvalue weighted by molar-refractivity contribution is 0.0703. The lowest BCUT2D eigenvalue weighted by Crippen LogP contribution is -2.39. The number of imidazole rings is 1. The Bertz CT molecular complexity index is 975. The van der Waals surface area contributed by atoms with Gasteiger partial charge in [0, 0.05) is 55.1 Å². The predicted molar refractivity (Wildman–Crippen MR) is 105 cm³/mol. The van der Waals surface area contributed by atoms with Crippen LogP contribution in [0.15, 0.2) is 48.9 Å². The fourth-order valence-electron chi connectivity index (χ4n) is 4.18. The van der Waals surface area contributed by atoms with Gasteiger partial charge >= 0.3 is 0 Å². The van der Waals surface area contributed by atoms with Crippen LogP contribution in [0.2, 0.25) is 0 Å². The highest BCUT2D eigenvalue weighted by Gasteiger charge is 2.29. The van der Waals surface area contributed by atoms with Gasteiger partial charge in [0.2, 0.25) is 0 Å². The minimum Gasteiger partial charge on any atom is -0.338 e. The van der Waals surface area contributed by atoms with Gasteiger partial charge in [0.15, 0.2) is 0 Å². The van der Waals surface area contributed by atoms with E-state index in [1.807, 2.05) is 41.4 Å². The summed E-state index contributed by atoms with van der Waals surface area (Å²) in [7, 11) is 0. The molecule has 0 N–H and O–H groups in total. The molecule has 5 rings (SSSR count). The molecule has 27 heavy (non-hydrogen) atoms. The van der Waals surface area contributed by atoms with Gasteiger partial charge in [-0.3, -0.25) is 9.78 Å². The van der Waals surface area contributed by atoms with Gasteiger partial charge in [-0.1, -0.05) is 6.07 Å². The molecule has 1 saturated heterocycles. The molecule has 0 radical (unpaired) electrons. The molecule has 0 spiro atoms. The van der Waals surface area contributed by atoms with Gasteiger partial charge in [0.1, 0.15) is 5.82 Å². The van der Waals surface area contributed by atoms with E-state index in [2.05, 4.69) is 20.7 Å². The Balaban J connectivity index is 1.35. The molecule has 3 heterocycles. The first-order valence-electron chi connectivity index (χ1n) is 9.93. The summed E-state index contributed by atoms with van der Waals surface area (Å²) in [5.74, 6) is 2.43. The third kappa shape index (κ3) is 3.34. The highest BCUT2D eigenvalue weighted by atomic mass is 16.2. The number of hydrogen-bond donors (Lipinski definition) is 0. The second-order valence-electron chi connectivity index (χ2n) is 7.88. The Morgan fingerprint density at radius 2 is 2.04 bits per heavy atom. The maximum absolute atomic E-state index is 13.1. The third-order valence-electron chi connectivity index (χ3n) is 5.82. The van der Waals surface area contributed by atoms with Crippen LogP contribution in [0.5, 0.6) is 0 Å². The minimum absolute atomic E-state index is 0.116. The zero-order valence-corrected chi connectivity index (χ0v) is 15.4. The Kier molecular flexibility index (Phi) is 4.15. The number of piperidine rings is 1. The first-order valence-corrected chi connectivity index (χ1v) is 9.93. The van der Waals surface area contributed by atoms with Gasteiger partial charge in [0.25, 0.3) is 5.91 Å². The summed E-state index contributed by atoms with van der Waals surface area (Å²) in [6.07, 6.45) is 10.6. The van der Waals surface area contributed by atoms with E-state index < -0.39 is 0 Å². The van der Waals surface area contributed by atoms with Gasteiger partial charge in [-0.05, 0) is 55.9 Å². The van der Waals surface area contributed by atoms with Gasteiger partial charge in [0.05, 0.1) is 5.52 Å². The standard InChI is InChI=1S/C22H24N4O/c27-22(18-7-8-20-17(13-18)3-1-9-23-20)26-11-2-4-19(15-26)21-24-10-12-25(21)14-16-5-6-16/h1,3,7-10,12-13,16,19H,2,4-6,11,14-15H2. The van der Waals surface area contributed by atoms with Crippen molar-refractivity contribution in [2.24, 2.45) is 5.92 Å². The van der Waals surface area contributed by atoms with Crippen molar-refractivity contribution in [1.29, 1.82) is 0 Å². The summed E-state index contributed by atoms with van der Waals surface area (Å²) in [5, 5.41) is 1.01. The number of aromatic nitrogens is 3. The average Bonchev–Trinajstić information content (AvgIpc) is 3.42. The quantitative estimate of drug-likeness (QED) is 0.710. The second-order valence-corrected chi connectivity index (χ2v) is 7.88. The zero-order valence-electron chi connectivity index (χ0n) is 15.4. The van der Waals surface area contributed by atoms with Gasteiger partial charge in [-0.2, -0.15) is 0 Å². The van der Waals surface area contributed by atoms with Crippen LogP contribution in [0.4, 0.5) is 0 Å². The number of fused-ring (bicyclic) bond motifs is 1. The van der Waals surface area contributed by atoms with Gasteiger partial charge in [-0.25, -0.2) is 4.98 Å². The number of nitrogens with zero attached hydrogens (tertiary/aromatic N) is 4. The predicted octanol–water partition coefficient (Wildman–Crippen LogP) is 3.86. The Morgan fingerprint density at radius 3 is 2.93 bits per heavy atom. The number of carbonyl (C=O) groups excluding carboxylic acids is 1. The van der Waals surface area contributed by atoms with Crippen molar-refractivity contribution in [3.63, 3.8) is 0 Å². The van der Waals surface area contributed by atoms with Crippen LogP contribution < -0.4 is 0 Å². The Hall–Kier alpha value is -2.69. The molecule has 1 amide bonds. The van der Waals surface area contributed by atoms with Crippen molar-refractivity contribution in [2.75, 3.05) is 13.1 Å². The lowest BCUT2D eigenvalue weighted by Gasteiger charge is -2.33. The van der Waals surface area contributed by atoms with Crippen molar-refractivity contribution in [3.05, 3.63) is 60.3 Å². The van der Waals surface area contributed by atoms with Crippen molar-refractivity contribution >= 4 is 16.8 Å². The molecule has 1 saturated carbocycles. The largest absolute Gasteiger partial charge is 0.338 e. The molecule has 1 atom stereocenters. The molecule has 1 aromatic carbocycles. The maximum atomic E-state index is 13.1. The van der Waals surface area contributed by atoms with Crippen LogP contribution in [-0.4, -0.2) is 38.4 Å². The number of pyridine rings is 1. The summed E-state index contributed by atoms with van der Waals surface area (Å²) in [4.78, 5) is 24.1. The van der Waals surface area contributed by atoms with Crippen LogP contribution in [-0.2, 0) is 6.54 Å². The zero-order chi connectivity index (χ0) is 18.2. The maximum Gasteiger partial charge on any atom is 0.253 e.